The maximum atomic E-state index is 14.4. The van der Waals surface area contributed by atoms with Crippen LogP contribution in [-0.4, -0.2) is 24.7 Å². The molecule has 0 saturated heterocycles. The summed E-state index contributed by atoms with van der Waals surface area (Å²) < 4.78 is 43.3. The number of thioether (sulfide) groups is 1. The number of nitrogens with zero attached hydrogens (tertiary/aromatic N) is 4. The minimum absolute atomic E-state index is 0.00773. The van der Waals surface area contributed by atoms with Crippen LogP contribution in [0.5, 0.6) is 0 Å². The van der Waals surface area contributed by atoms with Gasteiger partial charge in [0.05, 0.1) is 6.20 Å². The number of nitrogens with one attached hydrogen (secondary N) is 1. The van der Waals surface area contributed by atoms with E-state index in [0.717, 1.165) is 33.5 Å². The monoisotopic (exact) mass is 403 g/mol. The van der Waals surface area contributed by atoms with E-state index in [1.54, 1.807) is 12.4 Å². The quantitative estimate of drug-likeness (QED) is 0.321. The fourth-order valence-corrected chi connectivity index (χ4v) is 3.65. The molecule has 0 aliphatic rings. The van der Waals surface area contributed by atoms with Crippen LogP contribution < -0.4 is 5.56 Å². The van der Waals surface area contributed by atoms with Crippen molar-refractivity contribution in [1.29, 1.82) is 0 Å². The fraction of sp³-hybridized carbons (Fsp3) is 0.111. The third kappa shape index (κ3) is 3.15. The third-order valence-electron chi connectivity index (χ3n) is 3.99. The van der Waals surface area contributed by atoms with Crippen molar-refractivity contribution in [2.75, 3.05) is 0 Å². The lowest BCUT2D eigenvalue weighted by Gasteiger charge is -2.13. The molecule has 0 spiro atoms. The summed E-state index contributed by atoms with van der Waals surface area (Å²) in [4.78, 5) is 21.2. The molecule has 3 aromatic heterocycles. The van der Waals surface area contributed by atoms with E-state index in [0.29, 0.717) is 11.8 Å². The van der Waals surface area contributed by atoms with Crippen LogP contribution in [0.15, 0.2) is 46.7 Å². The zero-order valence-electron chi connectivity index (χ0n) is 14.4. The van der Waals surface area contributed by atoms with Crippen molar-refractivity contribution >= 4 is 22.8 Å². The SMILES string of the molecule is Cc1cncc(CSc2nc3[nH]ncc3c(=O)n2-c2c(F)ccc(F)c2F)c1. The Hall–Kier alpha value is -3.14. The van der Waals surface area contributed by atoms with Crippen LogP contribution in [0, 0.1) is 24.4 Å². The van der Waals surface area contributed by atoms with Gasteiger partial charge < -0.3 is 0 Å². The highest BCUT2D eigenvalue weighted by molar-refractivity contribution is 7.98. The van der Waals surface area contributed by atoms with Crippen LogP contribution in [0.1, 0.15) is 11.1 Å². The van der Waals surface area contributed by atoms with E-state index in [1.165, 1.54) is 6.20 Å². The number of pyridine rings is 1. The average Bonchev–Trinajstić information content (AvgIpc) is 3.14. The normalized spacial score (nSPS) is 11.3. The van der Waals surface area contributed by atoms with E-state index in [2.05, 4.69) is 20.2 Å². The molecule has 4 rings (SSSR count). The lowest BCUT2D eigenvalue weighted by Crippen LogP contribution is -2.24. The van der Waals surface area contributed by atoms with Crippen LogP contribution in [-0.2, 0) is 5.75 Å². The van der Waals surface area contributed by atoms with Crippen molar-refractivity contribution < 1.29 is 13.2 Å². The second kappa shape index (κ2) is 7.12. The Labute approximate surface area is 160 Å². The van der Waals surface area contributed by atoms with Crippen molar-refractivity contribution in [3.8, 4) is 5.69 Å². The van der Waals surface area contributed by atoms with Gasteiger partial charge in [-0.05, 0) is 30.2 Å². The standard InChI is InChI=1S/C18H12F3N5OS/c1-9-4-10(6-22-5-9)8-28-18-24-16-11(7-23-25-16)17(27)26(18)15-13(20)3-2-12(19)14(15)21/h2-7H,8H2,1H3,(H,23,25). The van der Waals surface area contributed by atoms with Gasteiger partial charge in [0, 0.05) is 18.1 Å². The first kappa shape index (κ1) is 18.2. The zero-order valence-corrected chi connectivity index (χ0v) is 15.2. The molecule has 4 aromatic rings. The second-order valence-electron chi connectivity index (χ2n) is 6.02. The molecule has 0 amide bonds. The summed E-state index contributed by atoms with van der Waals surface area (Å²) in [6.45, 7) is 1.88. The Morgan fingerprint density at radius 1 is 1.14 bits per heavy atom. The Morgan fingerprint density at radius 2 is 1.93 bits per heavy atom. The topological polar surface area (TPSA) is 76.5 Å². The van der Waals surface area contributed by atoms with E-state index < -0.39 is 28.7 Å². The number of rotatable bonds is 4. The van der Waals surface area contributed by atoms with Gasteiger partial charge in [0.1, 0.15) is 11.1 Å². The first-order valence-corrected chi connectivity index (χ1v) is 9.07. The van der Waals surface area contributed by atoms with Gasteiger partial charge in [0.25, 0.3) is 5.56 Å². The molecule has 6 nitrogen and oxygen atoms in total. The molecule has 1 aromatic carbocycles. The number of aromatic nitrogens is 5. The molecule has 142 valence electrons. The molecule has 0 bridgehead atoms. The Morgan fingerprint density at radius 3 is 2.71 bits per heavy atom. The minimum atomic E-state index is -1.47. The van der Waals surface area contributed by atoms with Gasteiger partial charge in [0.15, 0.2) is 28.3 Å². The van der Waals surface area contributed by atoms with E-state index in [-0.39, 0.29) is 16.2 Å². The molecule has 3 heterocycles. The van der Waals surface area contributed by atoms with Crippen LogP contribution in [0.3, 0.4) is 0 Å². The number of benzene rings is 1. The van der Waals surface area contributed by atoms with Crippen molar-refractivity contribution in [3.63, 3.8) is 0 Å². The van der Waals surface area contributed by atoms with Gasteiger partial charge in [-0.2, -0.15) is 5.10 Å². The molecular formula is C18H12F3N5OS. The maximum Gasteiger partial charge on any atom is 0.270 e. The number of hydrogen-bond acceptors (Lipinski definition) is 5. The van der Waals surface area contributed by atoms with Gasteiger partial charge in [0.2, 0.25) is 0 Å². The molecular weight excluding hydrogens is 391 g/mol. The Kier molecular flexibility index (Phi) is 4.63. The van der Waals surface area contributed by atoms with Crippen molar-refractivity contribution in [3.05, 3.63) is 75.7 Å². The first-order chi connectivity index (χ1) is 13.5. The summed E-state index contributed by atoms with van der Waals surface area (Å²) in [5, 5.41) is 6.34. The van der Waals surface area contributed by atoms with Gasteiger partial charge in [-0.25, -0.2) is 22.7 Å². The molecule has 0 unspecified atom stereocenters. The number of hydrogen-bond donors (Lipinski definition) is 1. The predicted octanol–water partition coefficient (Wildman–Crippen LogP) is 3.52. The van der Waals surface area contributed by atoms with Gasteiger partial charge >= 0.3 is 0 Å². The molecule has 28 heavy (non-hydrogen) atoms. The number of aryl methyl sites for hydroxylation is 1. The molecule has 10 heteroatoms. The largest absolute Gasteiger partial charge is 0.270 e. The molecule has 0 atom stereocenters. The van der Waals surface area contributed by atoms with Crippen LogP contribution in [0.25, 0.3) is 16.7 Å². The number of fused-ring (bicyclic) bond motifs is 1. The van der Waals surface area contributed by atoms with E-state index in [1.807, 2.05) is 13.0 Å². The molecule has 0 aliphatic heterocycles. The maximum absolute atomic E-state index is 14.4. The molecule has 1 N–H and O–H groups in total. The van der Waals surface area contributed by atoms with Crippen LogP contribution >= 0.6 is 11.8 Å². The second-order valence-corrected chi connectivity index (χ2v) is 6.96. The lowest BCUT2D eigenvalue weighted by molar-refractivity contribution is 0.483. The number of halogens is 3. The lowest BCUT2D eigenvalue weighted by atomic mass is 10.2. The fourth-order valence-electron chi connectivity index (χ4n) is 2.73. The summed E-state index contributed by atoms with van der Waals surface area (Å²) >= 11 is 1.07. The molecule has 0 saturated carbocycles. The van der Waals surface area contributed by atoms with Gasteiger partial charge in [-0.1, -0.05) is 17.8 Å². The molecule has 0 aliphatic carbocycles. The molecule has 0 fully saturated rings. The highest BCUT2D eigenvalue weighted by atomic mass is 32.2. The summed E-state index contributed by atoms with van der Waals surface area (Å²) in [5.41, 5.74) is 0.367. The van der Waals surface area contributed by atoms with Gasteiger partial charge in [-0.15, -0.1) is 0 Å². The Bertz CT molecular complexity index is 1250. The van der Waals surface area contributed by atoms with E-state index in [9.17, 15) is 18.0 Å². The van der Waals surface area contributed by atoms with Crippen molar-refractivity contribution in [1.82, 2.24) is 24.7 Å². The summed E-state index contributed by atoms with van der Waals surface area (Å²) in [6, 6.07) is 3.31. The minimum Gasteiger partial charge on any atom is -0.268 e. The molecule has 0 radical (unpaired) electrons. The Balaban J connectivity index is 1.90. The van der Waals surface area contributed by atoms with Crippen LogP contribution in [0.4, 0.5) is 13.2 Å². The third-order valence-corrected chi connectivity index (χ3v) is 5.00. The van der Waals surface area contributed by atoms with Crippen molar-refractivity contribution in [2.24, 2.45) is 0 Å². The smallest absolute Gasteiger partial charge is 0.268 e. The average molecular weight is 403 g/mol. The number of H-pyrrole nitrogens is 1. The highest BCUT2D eigenvalue weighted by Gasteiger charge is 2.22. The summed E-state index contributed by atoms with van der Waals surface area (Å²) in [5.74, 6) is -3.48. The van der Waals surface area contributed by atoms with Gasteiger partial charge in [-0.3, -0.25) is 14.9 Å². The van der Waals surface area contributed by atoms with E-state index in [4.69, 9.17) is 0 Å². The van der Waals surface area contributed by atoms with Crippen molar-refractivity contribution in [2.45, 2.75) is 17.8 Å². The van der Waals surface area contributed by atoms with E-state index >= 15 is 0 Å². The zero-order chi connectivity index (χ0) is 19.8. The predicted molar refractivity (Wildman–Crippen MR) is 97.9 cm³/mol. The highest BCUT2D eigenvalue weighted by Crippen LogP contribution is 2.27. The number of aromatic amines is 1. The summed E-state index contributed by atoms with van der Waals surface area (Å²) in [7, 11) is 0. The summed E-state index contributed by atoms with van der Waals surface area (Å²) in [6.07, 6.45) is 4.53. The van der Waals surface area contributed by atoms with Crippen LogP contribution in [0.2, 0.25) is 0 Å². The first-order valence-electron chi connectivity index (χ1n) is 8.09.